The molecule has 7 heteroatoms. The number of rotatable bonds is 5. The lowest BCUT2D eigenvalue weighted by Crippen LogP contribution is -2.32. The van der Waals surface area contributed by atoms with E-state index in [1.165, 1.54) is 6.92 Å². The molecular weight excluding hydrogens is 220 g/mol. The largest absolute Gasteiger partial charge is 0.358 e. The van der Waals surface area contributed by atoms with Crippen molar-refractivity contribution in [3.8, 4) is 0 Å². The van der Waals surface area contributed by atoms with Crippen LogP contribution >= 0.6 is 0 Å². The molecule has 0 saturated carbocycles. The molecule has 15 heavy (non-hydrogen) atoms. The highest BCUT2D eigenvalue weighted by molar-refractivity contribution is 7.91. The van der Waals surface area contributed by atoms with Crippen molar-refractivity contribution in [3.63, 3.8) is 0 Å². The fourth-order valence-corrected chi connectivity index (χ4v) is 2.81. The molecule has 0 atom stereocenters. The Kier molecular flexibility index (Phi) is 3.67. The molecule has 0 aliphatic carbocycles. The zero-order valence-electron chi connectivity index (χ0n) is 8.76. The number of nitrogens with zero attached hydrogens (tertiary/aromatic N) is 2. The number of hydrogen-bond acceptors (Lipinski definition) is 5. The monoisotopic (exact) mass is 234 g/mol. The molecule has 1 heterocycles. The lowest BCUT2D eigenvalue weighted by Gasteiger charge is -1.99. The van der Waals surface area contributed by atoms with E-state index in [9.17, 15) is 13.6 Å². The summed E-state index contributed by atoms with van der Waals surface area (Å²) in [4.78, 5) is -0.0450. The van der Waals surface area contributed by atoms with Gasteiger partial charge in [0, 0.05) is 12.1 Å². The first kappa shape index (κ1) is 12.0. The van der Waals surface area contributed by atoms with Gasteiger partial charge in [-0.1, -0.05) is 19.8 Å². The molecule has 0 aliphatic heterocycles. The van der Waals surface area contributed by atoms with Gasteiger partial charge in [-0.05, 0) is 11.3 Å². The van der Waals surface area contributed by atoms with E-state index in [4.69, 9.17) is 0 Å². The van der Waals surface area contributed by atoms with E-state index in [1.807, 2.05) is 6.92 Å². The highest BCUT2D eigenvalue weighted by atomic mass is 32.2. The summed E-state index contributed by atoms with van der Waals surface area (Å²) in [5.41, 5.74) is 0.112. The first-order valence-electron chi connectivity index (χ1n) is 4.78. The third kappa shape index (κ3) is 2.68. The number of sulfone groups is 1. The van der Waals surface area contributed by atoms with E-state index in [-0.39, 0.29) is 21.4 Å². The fourth-order valence-electron chi connectivity index (χ4n) is 1.28. The Morgan fingerprint density at radius 1 is 1.47 bits per heavy atom. The third-order valence-electron chi connectivity index (χ3n) is 2.04. The van der Waals surface area contributed by atoms with Gasteiger partial charge < -0.3 is 5.21 Å². The molecule has 0 spiro atoms. The van der Waals surface area contributed by atoms with E-state index in [1.54, 1.807) is 0 Å². The van der Waals surface area contributed by atoms with Crippen LogP contribution in [0.4, 0.5) is 0 Å². The van der Waals surface area contributed by atoms with Crippen LogP contribution in [0.25, 0.3) is 0 Å². The minimum atomic E-state index is -3.56. The highest BCUT2D eigenvalue weighted by Crippen LogP contribution is 2.11. The Balaban J connectivity index is 2.87. The van der Waals surface area contributed by atoms with Crippen molar-refractivity contribution in [2.75, 3.05) is 5.75 Å². The zero-order chi connectivity index (χ0) is 11.5. The number of aryl methyl sites for hydroxylation is 1. The second kappa shape index (κ2) is 4.61. The van der Waals surface area contributed by atoms with Gasteiger partial charge in [-0.25, -0.2) is 8.42 Å². The topological polar surface area (TPSA) is 87.1 Å². The fraction of sp³-hybridized carbons (Fsp3) is 0.750. The molecule has 0 aromatic carbocycles. The van der Waals surface area contributed by atoms with Gasteiger partial charge in [0.25, 0.3) is 0 Å². The smallest absolute Gasteiger partial charge is 0.311 e. The van der Waals surface area contributed by atoms with E-state index in [0.717, 1.165) is 12.8 Å². The normalized spacial score (nSPS) is 11.9. The van der Waals surface area contributed by atoms with Crippen molar-refractivity contribution in [2.45, 2.75) is 38.1 Å². The summed E-state index contributed by atoms with van der Waals surface area (Å²) in [6.07, 6.45) is 2.29. The van der Waals surface area contributed by atoms with Crippen LogP contribution in [0.3, 0.4) is 0 Å². The summed E-state index contributed by atoms with van der Waals surface area (Å²) >= 11 is 0. The molecule has 6 nitrogen and oxygen atoms in total. The molecule has 0 fully saturated rings. The average molecular weight is 234 g/mol. The number of unbranched alkanes of at least 4 members (excludes halogenated alkanes) is 2. The minimum Gasteiger partial charge on any atom is -0.358 e. The predicted molar refractivity (Wildman–Crippen MR) is 51.8 cm³/mol. The molecular formula is C8H14N2O4S. The number of hydrogen-bond donors (Lipinski definition) is 0. The first-order valence-corrected chi connectivity index (χ1v) is 6.43. The molecule has 1 aromatic heterocycles. The molecule has 1 rings (SSSR count). The Morgan fingerprint density at radius 2 is 2.13 bits per heavy atom. The molecule has 0 bridgehead atoms. The van der Waals surface area contributed by atoms with Crippen molar-refractivity contribution >= 4 is 9.84 Å². The van der Waals surface area contributed by atoms with Crippen molar-refractivity contribution in [1.82, 2.24) is 5.16 Å². The van der Waals surface area contributed by atoms with Crippen molar-refractivity contribution in [1.29, 1.82) is 0 Å². The highest BCUT2D eigenvalue weighted by Gasteiger charge is 2.28. The van der Waals surface area contributed by atoms with Gasteiger partial charge in [-0.2, -0.15) is 0 Å². The van der Waals surface area contributed by atoms with E-state index >= 15 is 0 Å². The van der Waals surface area contributed by atoms with Crippen LogP contribution in [0.5, 0.6) is 0 Å². The molecule has 86 valence electrons. The van der Waals surface area contributed by atoms with Gasteiger partial charge in [0.15, 0.2) is 0 Å². The average Bonchev–Trinajstić information content (AvgIpc) is 2.46. The lowest BCUT2D eigenvalue weighted by atomic mass is 10.3. The van der Waals surface area contributed by atoms with Crippen LogP contribution in [-0.2, 0) is 9.84 Å². The predicted octanol–water partition coefficient (Wildman–Crippen LogP) is 0.580. The summed E-state index contributed by atoms with van der Waals surface area (Å²) in [5.74, 6) is -0.0366. The molecule has 0 radical (unpaired) electrons. The summed E-state index contributed by atoms with van der Waals surface area (Å²) in [6.45, 7) is 3.41. The quantitative estimate of drug-likeness (QED) is 0.549. The van der Waals surface area contributed by atoms with Crippen LogP contribution in [0.1, 0.15) is 31.9 Å². The Labute approximate surface area is 88.3 Å². The van der Waals surface area contributed by atoms with Crippen molar-refractivity contribution in [2.24, 2.45) is 0 Å². The summed E-state index contributed by atoms with van der Waals surface area (Å²) < 4.78 is 27.6. The Bertz CT molecular complexity index is 404. The maximum absolute atomic E-state index is 11.7. The van der Waals surface area contributed by atoms with Crippen LogP contribution < -0.4 is 4.90 Å². The van der Waals surface area contributed by atoms with E-state index in [0.29, 0.717) is 6.42 Å². The van der Waals surface area contributed by atoms with Gasteiger partial charge in [-0.15, -0.1) is 0 Å². The number of aromatic nitrogens is 2. The van der Waals surface area contributed by atoms with Gasteiger partial charge in [0.2, 0.25) is 15.5 Å². The van der Waals surface area contributed by atoms with Gasteiger partial charge >= 0.3 is 5.03 Å². The van der Waals surface area contributed by atoms with Crippen LogP contribution in [0.15, 0.2) is 9.65 Å². The third-order valence-corrected chi connectivity index (χ3v) is 3.90. The SMILES string of the molecule is CCCCCS(=O)(=O)c1c(C)no[n+]1[O-]. The van der Waals surface area contributed by atoms with Gasteiger partial charge in [0.05, 0.1) is 5.75 Å². The molecule has 0 unspecified atom stereocenters. The van der Waals surface area contributed by atoms with Gasteiger partial charge in [-0.3, -0.25) is 4.63 Å². The van der Waals surface area contributed by atoms with Crippen molar-refractivity contribution in [3.05, 3.63) is 10.9 Å². The van der Waals surface area contributed by atoms with E-state index in [2.05, 4.69) is 9.79 Å². The van der Waals surface area contributed by atoms with Crippen LogP contribution in [-0.4, -0.2) is 19.3 Å². The summed E-state index contributed by atoms with van der Waals surface area (Å²) in [7, 11) is -3.56. The van der Waals surface area contributed by atoms with Crippen LogP contribution in [0.2, 0.25) is 0 Å². The van der Waals surface area contributed by atoms with Gasteiger partial charge in [0.1, 0.15) is 0 Å². The standard InChI is InChI=1S/C8H14N2O4S/c1-3-4-5-6-15(12,13)8-7(2)9-14-10(8)11/h3-6H2,1-2H3. The maximum Gasteiger partial charge on any atom is 0.311 e. The Morgan fingerprint density at radius 3 is 2.60 bits per heavy atom. The molecule has 1 aromatic rings. The molecule has 0 N–H and O–H groups in total. The second-order valence-electron chi connectivity index (χ2n) is 3.35. The minimum absolute atomic E-state index is 0.0366. The van der Waals surface area contributed by atoms with E-state index < -0.39 is 9.84 Å². The zero-order valence-corrected chi connectivity index (χ0v) is 9.58. The summed E-state index contributed by atoms with van der Waals surface area (Å²) in [5, 5.41) is 14.0. The molecule has 0 amide bonds. The second-order valence-corrected chi connectivity index (χ2v) is 5.37. The van der Waals surface area contributed by atoms with Crippen molar-refractivity contribution < 1.29 is 17.9 Å². The summed E-state index contributed by atoms with van der Waals surface area (Å²) in [6, 6.07) is 0. The molecule has 0 aliphatic rings. The molecule has 0 saturated heterocycles. The first-order chi connectivity index (χ1) is 6.99. The van der Waals surface area contributed by atoms with Crippen LogP contribution in [0, 0.1) is 12.1 Å². The lowest BCUT2D eigenvalue weighted by molar-refractivity contribution is -0.832. The maximum atomic E-state index is 11.7. The Hall–Kier alpha value is -1.11.